The summed E-state index contributed by atoms with van der Waals surface area (Å²) in [5.74, 6) is -4.55. The molecule has 2 aromatic heterocycles. The maximum atomic E-state index is 14.3. The number of fused-ring (bicyclic) bond motifs is 1. The number of esters is 1. The fraction of sp³-hybridized carbons (Fsp3) is 0.343. The van der Waals surface area contributed by atoms with Gasteiger partial charge in [-0.2, -0.15) is 5.10 Å². The first-order valence-corrected chi connectivity index (χ1v) is 16.8. The number of aryl methyl sites for hydroxylation is 1. The molecular formula is C35H31Cl2F3N6O6. The summed E-state index contributed by atoms with van der Waals surface area (Å²) in [6.07, 6.45) is -3.89. The van der Waals surface area contributed by atoms with Crippen molar-refractivity contribution in [1.29, 1.82) is 0 Å². The molecule has 0 aliphatic carbocycles. The zero-order valence-corrected chi connectivity index (χ0v) is 29.6. The van der Waals surface area contributed by atoms with Crippen molar-refractivity contribution < 1.29 is 41.7 Å². The van der Waals surface area contributed by atoms with E-state index in [2.05, 4.69) is 20.4 Å². The fourth-order valence-electron chi connectivity index (χ4n) is 6.07. The minimum Gasteiger partial charge on any atom is -0.458 e. The van der Waals surface area contributed by atoms with Crippen LogP contribution in [0.4, 0.5) is 13.2 Å². The van der Waals surface area contributed by atoms with Crippen molar-refractivity contribution >= 4 is 29.2 Å². The summed E-state index contributed by atoms with van der Waals surface area (Å²) in [6, 6.07) is 14.6. The van der Waals surface area contributed by atoms with Gasteiger partial charge in [-0.05, 0) is 58.0 Å². The van der Waals surface area contributed by atoms with Crippen LogP contribution in [0.5, 0.6) is 0 Å². The summed E-state index contributed by atoms with van der Waals surface area (Å²) < 4.78 is 76.5. The Morgan fingerprint density at radius 1 is 0.981 bits per heavy atom. The van der Waals surface area contributed by atoms with E-state index in [1.165, 1.54) is 15.6 Å². The van der Waals surface area contributed by atoms with Gasteiger partial charge < -0.3 is 23.7 Å². The molecule has 2 aliphatic rings. The lowest BCUT2D eigenvalue weighted by atomic mass is 9.95. The molecule has 2 saturated heterocycles. The Kier molecular flexibility index (Phi) is 9.84. The first kappa shape index (κ1) is 36.0. The van der Waals surface area contributed by atoms with Crippen molar-refractivity contribution in [3.63, 3.8) is 0 Å². The molecule has 6 unspecified atom stereocenters. The highest BCUT2D eigenvalue weighted by Gasteiger charge is 2.56. The smallest absolute Gasteiger partial charge is 0.332 e. The molecule has 52 heavy (non-hydrogen) atoms. The quantitative estimate of drug-likeness (QED) is 0.120. The van der Waals surface area contributed by atoms with E-state index in [-0.39, 0.29) is 17.1 Å². The highest BCUT2D eigenvalue weighted by molar-refractivity contribution is 6.34. The zero-order chi connectivity index (χ0) is 36.9. The summed E-state index contributed by atoms with van der Waals surface area (Å²) in [4.78, 5) is 17.7. The number of benzene rings is 3. The second-order valence-corrected chi connectivity index (χ2v) is 14.0. The summed E-state index contributed by atoms with van der Waals surface area (Å²) in [5.41, 5.74) is 0.174. The third-order valence-electron chi connectivity index (χ3n) is 8.17. The van der Waals surface area contributed by atoms with Crippen LogP contribution in [0.25, 0.3) is 16.9 Å². The standard InChI is InChI=1S/C35H31Cl2F3N6O6/c1-17-41-32(46(43-17)25-14-20(36)10-11-21(25)37)31-29(48-16-26(47)52-35(2,3)4)28(30-34(50-31)51-33(49-30)18-8-6-5-7-9-18)45-15-24(42-44-45)19-12-22(38)27(40)23(39)13-19/h5-15,28-31,33-34H,16H2,1-4H3. The molecule has 17 heteroatoms. The van der Waals surface area contributed by atoms with Gasteiger partial charge in [-0.1, -0.05) is 58.7 Å². The van der Waals surface area contributed by atoms with Crippen LogP contribution in [0.1, 0.15) is 56.4 Å². The molecule has 0 spiro atoms. The minimum absolute atomic E-state index is 0.00605. The summed E-state index contributed by atoms with van der Waals surface area (Å²) >= 11 is 13.0. The Bertz CT molecular complexity index is 2090. The topological polar surface area (TPSA) is 125 Å². The molecule has 6 atom stereocenters. The summed E-state index contributed by atoms with van der Waals surface area (Å²) in [6.45, 7) is 6.28. The highest BCUT2D eigenvalue weighted by atomic mass is 35.5. The molecule has 12 nitrogen and oxygen atoms in total. The summed E-state index contributed by atoms with van der Waals surface area (Å²) in [5, 5.41) is 13.7. The SMILES string of the molecule is Cc1nc(C2OC3OC(c4ccccc4)OC3C(n3cc(-c4cc(F)c(F)c(F)c4)nn3)C2OCC(=O)OC(C)(C)C)n(-c2cc(Cl)ccc2Cl)n1. The molecular weight excluding hydrogens is 728 g/mol. The van der Waals surface area contributed by atoms with Crippen molar-refractivity contribution in [3.8, 4) is 16.9 Å². The van der Waals surface area contributed by atoms with E-state index in [1.54, 1.807) is 45.9 Å². The highest BCUT2D eigenvalue weighted by Crippen LogP contribution is 2.48. The Morgan fingerprint density at radius 2 is 1.71 bits per heavy atom. The van der Waals surface area contributed by atoms with Gasteiger partial charge in [-0.15, -0.1) is 5.10 Å². The van der Waals surface area contributed by atoms with Gasteiger partial charge in [0.1, 0.15) is 48.1 Å². The van der Waals surface area contributed by atoms with Crippen LogP contribution in [0.2, 0.25) is 10.0 Å². The van der Waals surface area contributed by atoms with Crippen LogP contribution in [-0.4, -0.2) is 66.4 Å². The largest absolute Gasteiger partial charge is 0.458 e. The van der Waals surface area contributed by atoms with Crippen molar-refractivity contribution in [2.45, 2.75) is 70.2 Å². The summed E-state index contributed by atoms with van der Waals surface area (Å²) in [7, 11) is 0. The number of hydrogen-bond acceptors (Lipinski definition) is 10. The van der Waals surface area contributed by atoms with Gasteiger partial charge in [0.05, 0.1) is 16.9 Å². The van der Waals surface area contributed by atoms with Gasteiger partial charge in [0.15, 0.2) is 35.9 Å². The molecule has 0 bridgehead atoms. The van der Waals surface area contributed by atoms with E-state index in [0.717, 1.165) is 12.1 Å². The predicted octanol–water partition coefficient (Wildman–Crippen LogP) is 7.04. The Balaban J connectivity index is 1.36. The van der Waals surface area contributed by atoms with Gasteiger partial charge in [0.2, 0.25) is 0 Å². The molecule has 5 aromatic rings. The maximum Gasteiger partial charge on any atom is 0.332 e. The first-order valence-electron chi connectivity index (χ1n) is 16.1. The van der Waals surface area contributed by atoms with Gasteiger partial charge in [0, 0.05) is 16.1 Å². The van der Waals surface area contributed by atoms with E-state index in [4.69, 9.17) is 46.9 Å². The number of aromatic nitrogens is 6. The second kappa shape index (κ2) is 14.2. The Morgan fingerprint density at radius 3 is 2.42 bits per heavy atom. The number of carbonyl (C=O) groups is 1. The molecule has 272 valence electrons. The van der Waals surface area contributed by atoms with E-state index < -0.39 is 72.6 Å². The molecule has 3 aromatic carbocycles. The average Bonchev–Trinajstić information content (AvgIpc) is 3.85. The van der Waals surface area contributed by atoms with E-state index in [9.17, 15) is 18.0 Å². The van der Waals surface area contributed by atoms with Gasteiger partial charge in [-0.25, -0.2) is 32.3 Å². The molecule has 7 rings (SSSR count). The van der Waals surface area contributed by atoms with Crippen molar-refractivity contribution in [3.05, 3.63) is 112 Å². The molecule has 0 saturated carbocycles. The minimum atomic E-state index is -1.62. The van der Waals surface area contributed by atoms with E-state index in [0.29, 0.717) is 27.1 Å². The van der Waals surface area contributed by atoms with E-state index >= 15 is 0 Å². The van der Waals surface area contributed by atoms with Gasteiger partial charge >= 0.3 is 5.97 Å². The normalized spacial score (nSPS) is 23.1. The van der Waals surface area contributed by atoms with Crippen molar-refractivity contribution in [2.75, 3.05) is 6.61 Å². The fourth-order valence-corrected chi connectivity index (χ4v) is 6.44. The van der Waals surface area contributed by atoms with Gasteiger partial charge in [-0.3, -0.25) is 0 Å². The molecule has 0 radical (unpaired) electrons. The van der Waals surface area contributed by atoms with Crippen LogP contribution in [0.3, 0.4) is 0 Å². The molecule has 0 N–H and O–H groups in total. The number of halogens is 5. The Labute approximate surface area is 305 Å². The molecule has 0 amide bonds. The van der Waals surface area contributed by atoms with Crippen molar-refractivity contribution in [1.82, 2.24) is 29.8 Å². The maximum absolute atomic E-state index is 14.3. The average molecular weight is 760 g/mol. The number of nitrogens with zero attached hydrogens (tertiary/aromatic N) is 6. The first-order chi connectivity index (χ1) is 24.8. The molecule has 4 heterocycles. The lowest BCUT2D eigenvalue weighted by molar-refractivity contribution is -0.247. The second-order valence-electron chi connectivity index (χ2n) is 13.1. The number of rotatable bonds is 8. The lowest BCUT2D eigenvalue weighted by Crippen LogP contribution is -2.52. The van der Waals surface area contributed by atoms with Crippen molar-refractivity contribution in [2.24, 2.45) is 0 Å². The van der Waals surface area contributed by atoms with Crippen LogP contribution in [-0.2, 0) is 28.5 Å². The Hall–Kier alpha value is -4.38. The number of hydrogen-bond donors (Lipinski definition) is 0. The number of carbonyl (C=O) groups excluding carboxylic acids is 1. The predicted molar refractivity (Wildman–Crippen MR) is 179 cm³/mol. The monoisotopic (exact) mass is 758 g/mol. The van der Waals surface area contributed by atoms with Crippen LogP contribution in [0.15, 0.2) is 66.9 Å². The third-order valence-corrected chi connectivity index (χ3v) is 8.72. The third kappa shape index (κ3) is 7.29. The lowest BCUT2D eigenvalue weighted by Gasteiger charge is -2.41. The molecule has 2 fully saturated rings. The van der Waals surface area contributed by atoms with Crippen LogP contribution < -0.4 is 0 Å². The number of ether oxygens (including phenoxy) is 5. The zero-order valence-electron chi connectivity index (χ0n) is 28.0. The van der Waals surface area contributed by atoms with Crippen LogP contribution >= 0.6 is 23.2 Å². The molecule has 2 aliphatic heterocycles. The van der Waals surface area contributed by atoms with Gasteiger partial charge in [0.25, 0.3) is 0 Å². The van der Waals surface area contributed by atoms with E-state index in [1.807, 2.05) is 30.3 Å². The van der Waals surface area contributed by atoms with Crippen LogP contribution in [0, 0.1) is 24.4 Å².